The molecule has 1 aromatic heterocycles. The third kappa shape index (κ3) is 3.35. The van der Waals surface area contributed by atoms with Crippen LogP contribution in [0.5, 0.6) is 0 Å². The van der Waals surface area contributed by atoms with Crippen LogP contribution in [0.4, 0.5) is 5.69 Å². The maximum atomic E-state index is 12.7. The highest BCUT2D eigenvalue weighted by molar-refractivity contribution is 6.07. The smallest absolute Gasteiger partial charge is 0.340 e. The number of aromatic nitrogens is 1. The molecule has 0 saturated heterocycles. The molecule has 0 aliphatic carbocycles. The molecule has 2 N–H and O–H groups in total. The van der Waals surface area contributed by atoms with E-state index in [9.17, 15) is 9.59 Å². The molecule has 24 heavy (non-hydrogen) atoms. The van der Waals surface area contributed by atoms with Crippen molar-refractivity contribution < 1.29 is 14.3 Å². The zero-order valence-electron chi connectivity index (χ0n) is 15.1. The molecule has 0 unspecified atom stereocenters. The van der Waals surface area contributed by atoms with Crippen molar-refractivity contribution >= 4 is 17.6 Å². The Kier molecular flexibility index (Phi) is 5.12. The second kappa shape index (κ2) is 6.91. The maximum absolute atomic E-state index is 12.7. The summed E-state index contributed by atoms with van der Waals surface area (Å²) in [5, 5.41) is 2.95. The van der Waals surface area contributed by atoms with Gasteiger partial charge >= 0.3 is 5.97 Å². The molecule has 1 heterocycles. The van der Waals surface area contributed by atoms with E-state index in [-0.39, 0.29) is 5.91 Å². The van der Waals surface area contributed by atoms with E-state index in [0.29, 0.717) is 29.1 Å². The molecule has 2 aromatic rings. The normalized spacial score (nSPS) is 10.6. The zero-order valence-corrected chi connectivity index (χ0v) is 15.1. The van der Waals surface area contributed by atoms with Crippen molar-refractivity contribution in [2.24, 2.45) is 0 Å². The summed E-state index contributed by atoms with van der Waals surface area (Å²) in [6, 6.07) is 4.05. The molecule has 0 radical (unpaired) electrons. The molecule has 128 valence electrons. The van der Waals surface area contributed by atoms with Gasteiger partial charge in [-0.05, 0) is 58.2 Å². The van der Waals surface area contributed by atoms with E-state index >= 15 is 0 Å². The summed E-state index contributed by atoms with van der Waals surface area (Å²) in [6.45, 7) is 11.5. The van der Waals surface area contributed by atoms with Crippen molar-refractivity contribution in [3.05, 3.63) is 51.3 Å². The van der Waals surface area contributed by atoms with Gasteiger partial charge in [0, 0.05) is 11.4 Å². The van der Waals surface area contributed by atoms with Crippen LogP contribution in [0, 0.1) is 34.6 Å². The topological polar surface area (TPSA) is 71.2 Å². The van der Waals surface area contributed by atoms with Crippen LogP contribution in [0.15, 0.2) is 12.1 Å². The molecule has 0 saturated carbocycles. The zero-order chi connectivity index (χ0) is 18.0. The third-order valence-corrected chi connectivity index (χ3v) is 4.06. The molecule has 0 aliphatic heterocycles. The molecule has 1 amide bonds. The Morgan fingerprint density at radius 2 is 1.67 bits per heavy atom. The van der Waals surface area contributed by atoms with Gasteiger partial charge in [0.2, 0.25) is 0 Å². The average Bonchev–Trinajstić information content (AvgIpc) is 2.78. The number of aryl methyl sites for hydroxylation is 4. The fourth-order valence-electron chi connectivity index (χ4n) is 3.04. The van der Waals surface area contributed by atoms with Crippen LogP contribution in [0.3, 0.4) is 0 Å². The number of hydrogen-bond donors (Lipinski definition) is 2. The number of rotatable bonds is 4. The predicted octanol–water partition coefficient (Wildman–Crippen LogP) is 3.99. The number of nitrogens with one attached hydrogen (secondary N) is 2. The van der Waals surface area contributed by atoms with E-state index in [0.717, 1.165) is 22.4 Å². The minimum absolute atomic E-state index is 0.263. The van der Waals surface area contributed by atoms with Gasteiger partial charge in [-0.1, -0.05) is 17.7 Å². The number of aromatic amines is 1. The fraction of sp³-hybridized carbons (Fsp3) is 0.368. The van der Waals surface area contributed by atoms with Gasteiger partial charge in [-0.15, -0.1) is 0 Å². The van der Waals surface area contributed by atoms with Gasteiger partial charge in [0.05, 0.1) is 12.2 Å². The van der Waals surface area contributed by atoms with Gasteiger partial charge in [-0.25, -0.2) is 4.79 Å². The van der Waals surface area contributed by atoms with E-state index in [4.69, 9.17) is 4.74 Å². The maximum Gasteiger partial charge on any atom is 0.340 e. The van der Waals surface area contributed by atoms with Crippen LogP contribution in [-0.4, -0.2) is 23.5 Å². The minimum atomic E-state index is -0.412. The Hall–Kier alpha value is -2.56. The minimum Gasteiger partial charge on any atom is -0.462 e. The lowest BCUT2D eigenvalue weighted by Crippen LogP contribution is -2.16. The Morgan fingerprint density at radius 1 is 1.08 bits per heavy atom. The number of H-pyrrole nitrogens is 1. The summed E-state index contributed by atoms with van der Waals surface area (Å²) in [5.74, 6) is -0.674. The summed E-state index contributed by atoms with van der Waals surface area (Å²) >= 11 is 0. The van der Waals surface area contributed by atoms with Crippen molar-refractivity contribution in [1.29, 1.82) is 0 Å². The van der Waals surface area contributed by atoms with Gasteiger partial charge in [0.1, 0.15) is 5.69 Å². The molecule has 0 bridgehead atoms. The lowest BCUT2D eigenvalue weighted by Gasteiger charge is -2.12. The number of esters is 1. The van der Waals surface area contributed by atoms with Crippen LogP contribution in [0.25, 0.3) is 0 Å². The molecular formula is C19H24N2O3. The molecule has 0 fully saturated rings. The fourth-order valence-corrected chi connectivity index (χ4v) is 3.04. The molecule has 0 spiro atoms. The van der Waals surface area contributed by atoms with Crippen molar-refractivity contribution in [3.8, 4) is 0 Å². The first kappa shape index (κ1) is 17.8. The summed E-state index contributed by atoms with van der Waals surface area (Å²) in [6.07, 6.45) is 0. The number of carbonyl (C=O) groups is 2. The lowest BCUT2D eigenvalue weighted by molar-refractivity contribution is 0.0525. The second-order valence-electron chi connectivity index (χ2n) is 6.07. The summed E-state index contributed by atoms with van der Waals surface area (Å²) in [4.78, 5) is 27.7. The van der Waals surface area contributed by atoms with E-state index in [2.05, 4.69) is 10.3 Å². The van der Waals surface area contributed by atoms with Crippen LogP contribution in [0.1, 0.15) is 55.7 Å². The highest BCUT2D eigenvalue weighted by atomic mass is 16.5. The second-order valence-corrected chi connectivity index (χ2v) is 6.07. The number of carbonyl (C=O) groups excluding carboxylic acids is 2. The number of ether oxygens (including phenoxy) is 1. The van der Waals surface area contributed by atoms with E-state index < -0.39 is 5.97 Å². The number of amides is 1. The number of hydrogen-bond acceptors (Lipinski definition) is 3. The van der Waals surface area contributed by atoms with Gasteiger partial charge in [0.15, 0.2) is 0 Å². The first-order chi connectivity index (χ1) is 11.3. The highest BCUT2D eigenvalue weighted by Crippen LogP contribution is 2.24. The van der Waals surface area contributed by atoms with Gasteiger partial charge in [-0.3, -0.25) is 4.79 Å². The van der Waals surface area contributed by atoms with Crippen LogP contribution < -0.4 is 5.32 Å². The van der Waals surface area contributed by atoms with Gasteiger partial charge in [0.25, 0.3) is 5.91 Å². The van der Waals surface area contributed by atoms with Crippen LogP contribution >= 0.6 is 0 Å². The van der Waals surface area contributed by atoms with E-state index in [1.165, 1.54) is 0 Å². The van der Waals surface area contributed by atoms with Crippen molar-refractivity contribution in [3.63, 3.8) is 0 Å². The Balaban J connectivity index is 2.35. The molecule has 0 atom stereocenters. The first-order valence-electron chi connectivity index (χ1n) is 8.01. The van der Waals surface area contributed by atoms with Crippen molar-refractivity contribution in [1.82, 2.24) is 4.98 Å². The quantitative estimate of drug-likeness (QED) is 0.834. The third-order valence-electron chi connectivity index (χ3n) is 4.06. The number of benzene rings is 1. The molecule has 0 aliphatic rings. The first-order valence-corrected chi connectivity index (χ1v) is 8.01. The van der Waals surface area contributed by atoms with E-state index in [1.807, 2.05) is 32.9 Å². The molecule has 2 rings (SSSR count). The summed E-state index contributed by atoms with van der Waals surface area (Å²) in [5.41, 5.74) is 6.02. The molecular weight excluding hydrogens is 304 g/mol. The Bertz CT molecular complexity index is 780. The predicted molar refractivity (Wildman–Crippen MR) is 94.8 cm³/mol. The monoisotopic (exact) mass is 328 g/mol. The summed E-state index contributed by atoms with van der Waals surface area (Å²) < 4.78 is 5.06. The average molecular weight is 328 g/mol. The molecule has 5 nitrogen and oxygen atoms in total. The SMILES string of the molecule is CCOC(=O)c1c(C)[nH]c(C(=O)Nc2c(C)cc(C)cc2C)c1C. The largest absolute Gasteiger partial charge is 0.462 e. The lowest BCUT2D eigenvalue weighted by atomic mass is 10.0. The van der Waals surface area contributed by atoms with Gasteiger partial charge < -0.3 is 15.0 Å². The highest BCUT2D eigenvalue weighted by Gasteiger charge is 2.23. The molecule has 1 aromatic carbocycles. The van der Waals surface area contributed by atoms with Gasteiger partial charge in [-0.2, -0.15) is 0 Å². The number of anilines is 1. The molecule has 5 heteroatoms. The van der Waals surface area contributed by atoms with Crippen molar-refractivity contribution in [2.75, 3.05) is 11.9 Å². The Labute approximate surface area is 142 Å². The summed E-state index contributed by atoms with van der Waals surface area (Å²) in [7, 11) is 0. The Morgan fingerprint density at radius 3 is 2.21 bits per heavy atom. The van der Waals surface area contributed by atoms with Crippen molar-refractivity contribution in [2.45, 2.75) is 41.5 Å². The van der Waals surface area contributed by atoms with E-state index in [1.54, 1.807) is 20.8 Å². The van der Waals surface area contributed by atoms with Crippen LogP contribution in [-0.2, 0) is 4.74 Å². The standard InChI is InChI=1S/C19H24N2O3/c1-7-24-19(23)15-13(5)17(20-14(15)6)18(22)21-16-11(3)8-10(2)9-12(16)4/h8-9,20H,7H2,1-6H3,(H,21,22). The van der Waals surface area contributed by atoms with Crippen LogP contribution in [0.2, 0.25) is 0 Å².